The third kappa shape index (κ3) is 2.29. The highest BCUT2D eigenvalue weighted by Crippen LogP contribution is 2.36. The maximum atomic E-state index is 12.2. The van der Waals surface area contributed by atoms with Gasteiger partial charge in [0.25, 0.3) is 0 Å². The molecule has 2 N–H and O–H groups in total. The van der Waals surface area contributed by atoms with E-state index in [-0.39, 0.29) is 0 Å². The lowest BCUT2D eigenvalue weighted by Gasteiger charge is -2.16. The Kier molecular flexibility index (Phi) is 2.80. The lowest BCUT2D eigenvalue weighted by atomic mass is 10.00. The molecule has 0 spiro atoms. The highest BCUT2D eigenvalue weighted by Gasteiger charge is 2.32. The van der Waals surface area contributed by atoms with E-state index in [2.05, 4.69) is 0 Å². The summed E-state index contributed by atoms with van der Waals surface area (Å²) in [5.41, 5.74) is 6.95. The fourth-order valence-corrected chi connectivity index (χ4v) is 1.89. The summed E-state index contributed by atoms with van der Waals surface area (Å²) < 4.78 is 42.0. The molecule has 0 aliphatic carbocycles. The van der Waals surface area contributed by atoms with Crippen LogP contribution in [0.25, 0.3) is 0 Å². The predicted molar refractivity (Wildman–Crippen MR) is 53.2 cm³/mol. The number of rotatable bonds is 2. The Bertz CT molecular complexity index is 389. The third-order valence-electron chi connectivity index (χ3n) is 2.60. The van der Waals surface area contributed by atoms with Crippen LogP contribution in [0.5, 0.6) is 5.75 Å². The zero-order valence-electron chi connectivity index (χ0n) is 8.55. The second kappa shape index (κ2) is 3.97. The van der Waals surface area contributed by atoms with E-state index in [0.29, 0.717) is 17.9 Å². The summed E-state index contributed by atoms with van der Waals surface area (Å²) in [5, 5.41) is 0. The number of fused-ring (bicyclic) bond motifs is 1. The molecular formula is C11H12F3NO. The molecule has 2 nitrogen and oxygen atoms in total. The number of halogens is 3. The maximum Gasteiger partial charge on any atom is 0.390 e. The molecule has 1 heterocycles. The van der Waals surface area contributed by atoms with Gasteiger partial charge in [0, 0.05) is 18.0 Å². The van der Waals surface area contributed by atoms with Crippen LogP contribution in [0.15, 0.2) is 18.2 Å². The molecule has 0 saturated carbocycles. The molecule has 0 fully saturated rings. The first-order valence-corrected chi connectivity index (χ1v) is 5.04. The largest absolute Gasteiger partial charge is 0.493 e. The van der Waals surface area contributed by atoms with Gasteiger partial charge in [-0.3, -0.25) is 0 Å². The monoisotopic (exact) mass is 231 g/mol. The van der Waals surface area contributed by atoms with Crippen molar-refractivity contribution in [3.8, 4) is 5.75 Å². The fourth-order valence-electron chi connectivity index (χ4n) is 1.89. The second-order valence-corrected chi connectivity index (χ2v) is 3.86. The van der Waals surface area contributed by atoms with Gasteiger partial charge in [-0.2, -0.15) is 13.2 Å². The van der Waals surface area contributed by atoms with Crippen molar-refractivity contribution in [3.63, 3.8) is 0 Å². The molecule has 5 heteroatoms. The van der Waals surface area contributed by atoms with E-state index in [1.54, 1.807) is 12.1 Å². The maximum absolute atomic E-state index is 12.2. The summed E-state index contributed by atoms with van der Waals surface area (Å²) in [5.74, 6) is 0.541. The van der Waals surface area contributed by atoms with E-state index >= 15 is 0 Å². The average molecular weight is 231 g/mol. The van der Waals surface area contributed by atoms with Crippen molar-refractivity contribution < 1.29 is 17.9 Å². The normalized spacial score (nSPS) is 16.8. The second-order valence-electron chi connectivity index (χ2n) is 3.86. The highest BCUT2D eigenvalue weighted by atomic mass is 19.4. The number of hydrogen-bond acceptors (Lipinski definition) is 2. The summed E-state index contributed by atoms with van der Waals surface area (Å²) in [4.78, 5) is 0. The van der Waals surface area contributed by atoms with Crippen LogP contribution in [-0.2, 0) is 6.42 Å². The minimum Gasteiger partial charge on any atom is -0.493 e. The summed E-state index contributed by atoms with van der Waals surface area (Å²) in [6, 6.07) is 4.12. The molecule has 1 aromatic carbocycles. The fraction of sp³-hybridized carbons (Fsp3) is 0.455. The Morgan fingerprint density at radius 3 is 2.81 bits per heavy atom. The Hall–Kier alpha value is -1.23. The van der Waals surface area contributed by atoms with Crippen LogP contribution in [-0.4, -0.2) is 12.8 Å². The minimum atomic E-state index is -4.25. The quantitative estimate of drug-likeness (QED) is 0.849. The van der Waals surface area contributed by atoms with Crippen LogP contribution < -0.4 is 10.5 Å². The van der Waals surface area contributed by atoms with Gasteiger partial charge in [0.1, 0.15) is 5.75 Å². The van der Waals surface area contributed by atoms with Crippen molar-refractivity contribution >= 4 is 0 Å². The van der Waals surface area contributed by atoms with Crippen molar-refractivity contribution in [3.05, 3.63) is 29.3 Å². The molecule has 16 heavy (non-hydrogen) atoms. The molecule has 0 bridgehead atoms. The third-order valence-corrected chi connectivity index (χ3v) is 2.60. The molecule has 0 radical (unpaired) electrons. The zero-order chi connectivity index (χ0) is 11.8. The molecule has 1 unspecified atom stereocenters. The first-order chi connectivity index (χ1) is 7.47. The molecule has 1 aliphatic heterocycles. The van der Waals surface area contributed by atoms with E-state index in [0.717, 1.165) is 12.0 Å². The Labute approximate surface area is 91.2 Å². The van der Waals surface area contributed by atoms with Crippen LogP contribution in [0.1, 0.15) is 23.6 Å². The molecule has 1 atom stereocenters. The number of benzene rings is 1. The van der Waals surface area contributed by atoms with Crippen molar-refractivity contribution in [2.45, 2.75) is 25.1 Å². The number of ether oxygens (including phenoxy) is 1. The average Bonchev–Trinajstić information content (AvgIpc) is 2.61. The van der Waals surface area contributed by atoms with Gasteiger partial charge >= 0.3 is 6.18 Å². The van der Waals surface area contributed by atoms with E-state index < -0.39 is 18.6 Å². The first-order valence-electron chi connectivity index (χ1n) is 5.04. The zero-order valence-corrected chi connectivity index (χ0v) is 8.55. The minimum absolute atomic E-state index is 0.451. The number of alkyl halides is 3. The summed E-state index contributed by atoms with van der Waals surface area (Å²) >= 11 is 0. The Morgan fingerprint density at radius 2 is 2.12 bits per heavy atom. The van der Waals surface area contributed by atoms with E-state index in [1.165, 1.54) is 0 Å². The standard InChI is InChI=1S/C11H12F3NO/c12-11(13,14)6-9(15)8-3-1-2-7-4-5-16-10(7)8/h1-3,9H,4-6,15H2. The van der Waals surface area contributed by atoms with Crippen molar-refractivity contribution in [2.24, 2.45) is 5.73 Å². The van der Waals surface area contributed by atoms with Crippen LogP contribution in [0, 0.1) is 0 Å². The summed E-state index contributed by atoms with van der Waals surface area (Å²) in [6.07, 6.45) is -4.53. The predicted octanol–water partition coefficient (Wildman–Crippen LogP) is 2.57. The van der Waals surface area contributed by atoms with Gasteiger partial charge in [0.05, 0.1) is 13.0 Å². The smallest absolute Gasteiger partial charge is 0.390 e. The van der Waals surface area contributed by atoms with Crippen LogP contribution in [0.3, 0.4) is 0 Å². The summed E-state index contributed by atoms with van der Waals surface area (Å²) in [6.45, 7) is 0.519. The molecule has 88 valence electrons. The number of nitrogens with two attached hydrogens (primary N) is 1. The molecule has 2 rings (SSSR count). The van der Waals surface area contributed by atoms with Gasteiger partial charge in [0.2, 0.25) is 0 Å². The molecule has 0 amide bonds. The van der Waals surface area contributed by atoms with Gasteiger partial charge in [-0.1, -0.05) is 18.2 Å². The van der Waals surface area contributed by atoms with Gasteiger partial charge in [-0.15, -0.1) is 0 Å². The van der Waals surface area contributed by atoms with Crippen molar-refractivity contribution in [1.82, 2.24) is 0 Å². The molecular weight excluding hydrogens is 219 g/mol. The lowest BCUT2D eigenvalue weighted by Crippen LogP contribution is -2.20. The van der Waals surface area contributed by atoms with E-state index in [9.17, 15) is 13.2 Å². The Balaban J connectivity index is 2.24. The number of hydrogen-bond donors (Lipinski definition) is 1. The molecule has 0 aromatic heterocycles. The molecule has 0 saturated heterocycles. The van der Waals surface area contributed by atoms with Crippen molar-refractivity contribution in [2.75, 3.05) is 6.61 Å². The molecule has 1 aliphatic rings. The van der Waals surface area contributed by atoms with Gasteiger partial charge in [-0.05, 0) is 5.56 Å². The highest BCUT2D eigenvalue weighted by molar-refractivity contribution is 5.45. The topological polar surface area (TPSA) is 35.2 Å². The van der Waals surface area contributed by atoms with Crippen LogP contribution in [0.4, 0.5) is 13.2 Å². The summed E-state index contributed by atoms with van der Waals surface area (Å²) in [7, 11) is 0. The van der Waals surface area contributed by atoms with Crippen LogP contribution >= 0.6 is 0 Å². The molecule has 1 aromatic rings. The van der Waals surface area contributed by atoms with E-state index in [4.69, 9.17) is 10.5 Å². The lowest BCUT2D eigenvalue weighted by molar-refractivity contribution is -0.138. The number of para-hydroxylation sites is 1. The Morgan fingerprint density at radius 1 is 1.38 bits per heavy atom. The SMILES string of the molecule is NC(CC(F)(F)F)c1cccc2c1OCC2. The van der Waals surface area contributed by atoms with Crippen LogP contribution in [0.2, 0.25) is 0 Å². The van der Waals surface area contributed by atoms with E-state index in [1.807, 2.05) is 6.07 Å². The van der Waals surface area contributed by atoms with Gasteiger partial charge < -0.3 is 10.5 Å². The van der Waals surface area contributed by atoms with Crippen molar-refractivity contribution in [1.29, 1.82) is 0 Å². The van der Waals surface area contributed by atoms with Gasteiger partial charge in [0.15, 0.2) is 0 Å². The first kappa shape index (κ1) is 11.3. The van der Waals surface area contributed by atoms with Gasteiger partial charge in [-0.25, -0.2) is 0 Å².